The molecule has 0 radical (unpaired) electrons. The summed E-state index contributed by atoms with van der Waals surface area (Å²) in [5.74, 6) is 2.15. The van der Waals surface area contributed by atoms with Crippen LogP contribution in [-0.4, -0.2) is 34.8 Å². The van der Waals surface area contributed by atoms with Crippen molar-refractivity contribution in [3.63, 3.8) is 0 Å². The van der Waals surface area contributed by atoms with Gasteiger partial charge < -0.3 is 14.8 Å². The lowest BCUT2D eigenvalue weighted by atomic mass is 10.1. The van der Waals surface area contributed by atoms with Gasteiger partial charge in [-0.1, -0.05) is 18.2 Å². The van der Waals surface area contributed by atoms with Gasteiger partial charge in [0.25, 0.3) is 5.91 Å². The third-order valence-corrected chi connectivity index (χ3v) is 5.78. The van der Waals surface area contributed by atoms with Crippen LogP contribution in [0.3, 0.4) is 0 Å². The van der Waals surface area contributed by atoms with Crippen LogP contribution in [0.1, 0.15) is 40.9 Å². The highest BCUT2D eigenvalue weighted by molar-refractivity contribution is 5.95. The van der Waals surface area contributed by atoms with Gasteiger partial charge in [-0.2, -0.15) is 5.10 Å². The van der Waals surface area contributed by atoms with Crippen molar-refractivity contribution < 1.29 is 19.1 Å². The van der Waals surface area contributed by atoms with Crippen molar-refractivity contribution in [2.45, 2.75) is 32.5 Å². The second-order valence-corrected chi connectivity index (χ2v) is 7.94. The number of carbonyl (C=O) groups is 2. The summed E-state index contributed by atoms with van der Waals surface area (Å²) in [5, 5.41) is 7.28. The molecule has 1 atom stereocenters. The van der Waals surface area contributed by atoms with Crippen molar-refractivity contribution in [3.05, 3.63) is 71.4 Å². The number of nitrogens with one attached hydrogen (secondary N) is 1. The summed E-state index contributed by atoms with van der Waals surface area (Å²) >= 11 is 0. The average molecular weight is 432 g/mol. The zero-order valence-electron chi connectivity index (χ0n) is 17.8. The van der Waals surface area contributed by atoms with Gasteiger partial charge in [-0.25, -0.2) is 4.68 Å². The first kappa shape index (κ1) is 20.1. The average Bonchev–Trinajstić information content (AvgIpc) is 3.30. The van der Waals surface area contributed by atoms with Crippen molar-refractivity contribution in [2.75, 3.05) is 18.1 Å². The molecule has 2 aliphatic heterocycles. The topological polar surface area (TPSA) is 85.7 Å². The number of hydrogen-bond acceptors (Lipinski definition) is 5. The van der Waals surface area contributed by atoms with E-state index in [1.165, 1.54) is 0 Å². The van der Waals surface area contributed by atoms with Gasteiger partial charge in [0.05, 0.1) is 25.3 Å². The first-order chi connectivity index (χ1) is 15.6. The van der Waals surface area contributed by atoms with E-state index in [-0.39, 0.29) is 17.9 Å². The van der Waals surface area contributed by atoms with Crippen LogP contribution < -0.4 is 19.7 Å². The Morgan fingerprint density at radius 2 is 1.88 bits per heavy atom. The monoisotopic (exact) mass is 432 g/mol. The van der Waals surface area contributed by atoms with Gasteiger partial charge in [0.15, 0.2) is 11.5 Å². The number of hydrogen-bond donors (Lipinski definition) is 1. The normalized spacial score (nSPS) is 15.8. The van der Waals surface area contributed by atoms with E-state index in [1.807, 2.05) is 48.0 Å². The lowest BCUT2D eigenvalue weighted by Crippen LogP contribution is -2.36. The Morgan fingerprint density at radius 1 is 1.09 bits per heavy atom. The van der Waals surface area contributed by atoms with Gasteiger partial charge in [-0.3, -0.25) is 14.5 Å². The molecule has 8 heteroatoms. The molecule has 3 aromatic rings. The van der Waals surface area contributed by atoms with Crippen molar-refractivity contribution in [1.29, 1.82) is 0 Å². The minimum absolute atomic E-state index is 0.0769. The molecule has 5 rings (SSSR count). The number of benzene rings is 2. The van der Waals surface area contributed by atoms with E-state index < -0.39 is 0 Å². The van der Waals surface area contributed by atoms with E-state index >= 15 is 0 Å². The number of aryl methyl sites for hydroxylation is 1. The van der Waals surface area contributed by atoms with Gasteiger partial charge in [0.2, 0.25) is 5.91 Å². The zero-order valence-corrected chi connectivity index (χ0v) is 17.8. The quantitative estimate of drug-likeness (QED) is 0.670. The number of ether oxygens (including phenoxy) is 2. The highest BCUT2D eigenvalue weighted by Crippen LogP contribution is 2.32. The second kappa shape index (κ2) is 8.37. The molecular formula is C24H24N4O4. The molecule has 0 aliphatic carbocycles. The fourth-order valence-electron chi connectivity index (χ4n) is 4.00. The van der Waals surface area contributed by atoms with Crippen LogP contribution in [0.4, 0.5) is 5.82 Å². The highest BCUT2D eigenvalue weighted by Gasteiger charge is 2.24. The molecule has 0 spiro atoms. The Bertz CT molecular complexity index is 1160. The van der Waals surface area contributed by atoms with Crippen molar-refractivity contribution >= 4 is 17.6 Å². The van der Waals surface area contributed by atoms with Crippen LogP contribution in [0, 0.1) is 0 Å². The summed E-state index contributed by atoms with van der Waals surface area (Å²) < 4.78 is 13.0. The Labute approximate surface area is 185 Å². The number of amides is 2. The van der Waals surface area contributed by atoms with E-state index in [9.17, 15) is 9.59 Å². The largest absolute Gasteiger partial charge is 0.486 e. The molecule has 2 aliphatic rings. The number of aromatic nitrogens is 2. The Morgan fingerprint density at radius 3 is 2.69 bits per heavy atom. The third kappa shape index (κ3) is 3.91. The predicted molar refractivity (Wildman–Crippen MR) is 118 cm³/mol. The molecule has 1 unspecified atom stereocenters. The lowest BCUT2D eigenvalue weighted by Gasteiger charge is -2.27. The van der Waals surface area contributed by atoms with Gasteiger partial charge >= 0.3 is 0 Å². The smallest absolute Gasteiger partial charge is 0.251 e. The van der Waals surface area contributed by atoms with E-state index in [0.29, 0.717) is 44.0 Å². The van der Waals surface area contributed by atoms with Crippen LogP contribution in [0.5, 0.6) is 11.5 Å². The second-order valence-electron chi connectivity index (χ2n) is 7.94. The summed E-state index contributed by atoms with van der Waals surface area (Å²) in [5.41, 5.74) is 2.46. The number of carbonyl (C=O) groups excluding carboxylic acids is 2. The van der Waals surface area contributed by atoms with Gasteiger partial charge in [-0.05, 0) is 42.3 Å². The van der Waals surface area contributed by atoms with Crippen LogP contribution >= 0.6 is 0 Å². The molecule has 32 heavy (non-hydrogen) atoms. The Balaban J connectivity index is 1.24. The fraction of sp³-hybridized carbons (Fsp3) is 0.292. The number of rotatable bonds is 5. The molecule has 0 fully saturated rings. The molecule has 1 N–H and O–H groups in total. The summed E-state index contributed by atoms with van der Waals surface area (Å²) in [7, 11) is 0. The molecule has 0 saturated carbocycles. The standard InChI is InChI=1S/C24H24N4O4/c1-16(19-6-7-20-21(14-19)32-13-12-31-20)26-24(30)18-4-2-17(3-5-18)15-27-22-8-10-25-28(22)11-9-23(27)29/h2-8,10,14,16H,9,11-13,15H2,1H3,(H,26,30). The van der Waals surface area contributed by atoms with E-state index in [1.54, 1.807) is 23.2 Å². The predicted octanol–water partition coefficient (Wildman–Crippen LogP) is 3.08. The van der Waals surface area contributed by atoms with Gasteiger partial charge in [-0.15, -0.1) is 0 Å². The molecule has 2 amide bonds. The van der Waals surface area contributed by atoms with Crippen molar-refractivity contribution in [3.8, 4) is 11.5 Å². The summed E-state index contributed by atoms with van der Waals surface area (Å²) in [6.07, 6.45) is 2.14. The highest BCUT2D eigenvalue weighted by atomic mass is 16.6. The van der Waals surface area contributed by atoms with E-state index in [4.69, 9.17) is 9.47 Å². The van der Waals surface area contributed by atoms with Gasteiger partial charge in [0.1, 0.15) is 19.0 Å². The van der Waals surface area contributed by atoms with Gasteiger partial charge in [0, 0.05) is 18.1 Å². The maximum Gasteiger partial charge on any atom is 0.251 e. The molecular weight excluding hydrogens is 408 g/mol. The first-order valence-electron chi connectivity index (χ1n) is 10.7. The molecule has 2 aromatic carbocycles. The van der Waals surface area contributed by atoms with Crippen molar-refractivity contribution in [2.24, 2.45) is 0 Å². The molecule has 3 heterocycles. The Hall–Kier alpha value is -3.81. The van der Waals surface area contributed by atoms with Crippen LogP contribution in [0.2, 0.25) is 0 Å². The summed E-state index contributed by atoms with van der Waals surface area (Å²) in [6, 6.07) is 14.7. The molecule has 8 nitrogen and oxygen atoms in total. The van der Waals surface area contributed by atoms with E-state index in [2.05, 4.69) is 10.4 Å². The minimum atomic E-state index is -0.190. The Kier molecular flexibility index (Phi) is 5.26. The van der Waals surface area contributed by atoms with Crippen LogP contribution in [-0.2, 0) is 17.9 Å². The molecule has 164 valence electrons. The first-order valence-corrected chi connectivity index (χ1v) is 10.7. The third-order valence-electron chi connectivity index (χ3n) is 5.78. The molecule has 1 aromatic heterocycles. The minimum Gasteiger partial charge on any atom is -0.486 e. The molecule has 0 saturated heterocycles. The lowest BCUT2D eigenvalue weighted by molar-refractivity contribution is -0.119. The maximum atomic E-state index is 12.8. The fourth-order valence-corrected chi connectivity index (χ4v) is 4.00. The summed E-state index contributed by atoms with van der Waals surface area (Å²) in [4.78, 5) is 26.9. The number of nitrogens with zero attached hydrogens (tertiary/aromatic N) is 3. The van der Waals surface area contributed by atoms with Crippen LogP contribution in [0.25, 0.3) is 0 Å². The van der Waals surface area contributed by atoms with E-state index in [0.717, 1.165) is 22.7 Å². The van der Waals surface area contributed by atoms with Crippen molar-refractivity contribution in [1.82, 2.24) is 15.1 Å². The number of fused-ring (bicyclic) bond motifs is 2. The molecule has 0 bridgehead atoms. The summed E-state index contributed by atoms with van der Waals surface area (Å²) in [6.45, 7) is 4.06. The SMILES string of the molecule is CC(NC(=O)c1ccc(CN2C(=O)CCn3nccc32)cc1)c1ccc2c(c1)OCCO2. The van der Waals surface area contributed by atoms with Crippen LogP contribution in [0.15, 0.2) is 54.7 Å². The maximum absolute atomic E-state index is 12.8. The zero-order chi connectivity index (χ0) is 22.1. The number of anilines is 1.